The lowest BCUT2D eigenvalue weighted by molar-refractivity contribution is -0.132. The van der Waals surface area contributed by atoms with Gasteiger partial charge in [-0.2, -0.15) is 13.2 Å². The lowest BCUT2D eigenvalue weighted by atomic mass is 10.4. The van der Waals surface area contributed by atoms with Crippen molar-refractivity contribution in [1.82, 2.24) is 4.72 Å². The van der Waals surface area contributed by atoms with Crippen molar-refractivity contribution in [2.75, 3.05) is 18.2 Å². The van der Waals surface area contributed by atoms with E-state index in [0.717, 1.165) is 0 Å². The van der Waals surface area contributed by atoms with Crippen LogP contribution in [0.15, 0.2) is 0 Å². The minimum absolute atomic E-state index is 0.167. The van der Waals surface area contributed by atoms with Gasteiger partial charge < -0.3 is 0 Å². The van der Waals surface area contributed by atoms with E-state index in [1.165, 1.54) is 0 Å². The van der Waals surface area contributed by atoms with Crippen molar-refractivity contribution in [2.45, 2.75) is 19.0 Å². The van der Waals surface area contributed by atoms with Crippen molar-refractivity contribution in [2.24, 2.45) is 0 Å². The van der Waals surface area contributed by atoms with Gasteiger partial charge in [0, 0.05) is 12.4 Å². The number of hydrogen-bond acceptors (Lipinski definition) is 2. The molecular formula is C6H11ClF3NO2S. The molecule has 0 aliphatic carbocycles. The van der Waals surface area contributed by atoms with Gasteiger partial charge in [-0.3, -0.25) is 0 Å². The molecule has 0 aromatic rings. The first-order valence-corrected chi connectivity index (χ1v) is 6.05. The third-order valence-electron chi connectivity index (χ3n) is 1.28. The fourth-order valence-corrected chi connectivity index (χ4v) is 2.04. The Bertz CT molecular complexity index is 252. The van der Waals surface area contributed by atoms with E-state index >= 15 is 0 Å². The Morgan fingerprint density at radius 3 is 2.29 bits per heavy atom. The number of rotatable bonds is 6. The summed E-state index contributed by atoms with van der Waals surface area (Å²) < 4.78 is 58.6. The fraction of sp³-hybridized carbons (Fsp3) is 1.00. The average Bonchev–Trinajstić information content (AvgIpc) is 1.98. The first-order chi connectivity index (χ1) is 6.27. The molecular weight excluding hydrogens is 243 g/mol. The van der Waals surface area contributed by atoms with Crippen LogP contribution in [0.4, 0.5) is 13.2 Å². The Balaban J connectivity index is 3.78. The van der Waals surface area contributed by atoms with Gasteiger partial charge in [0.2, 0.25) is 10.0 Å². The van der Waals surface area contributed by atoms with Crippen molar-refractivity contribution >= 4 is 21.6 Å². The standard InChI is InChI=1S/C6H11ClF3NO2S/c7-3-1-5-14(12,13)11-4-2-6(8,9)10/h11H,1-5H2. The molecule has 0 unspecified atom stereocenters. The summed E-state index contributed by atoms with van der Waals surface area (Å²) >= 11 is 5.24. The van der Waals surface area contributed by atoms with Crippen molar-refractivity contribution in [3.63, 3.8) is 0 Å². The third kappa shape index (κ3) is 8.58. The van der Waals surface area contributed by atoms with E-state index in [9.17, 15) is 21.6 Å². The first kappa shape index (κ1) is 14.0. The van der Waals surface area contributed by atoms with Crippen LogP contribution in [0.1, 0.15) is 12.8 Å². The molecule has 14 heavy (non-hydrogen) atoms. The molecule has 0 saturated heterocycles. The van der Waals surface area contributed by atoms with Gasteiger partial charge in [-0.25, -0.2) is 13.1 Å². The second-order valence-corrected chi connectivity index (χ2v) is 4.93. The predicted octanol–water partition coefficient (Wildman–Crippen LogP) is 1.49. The molecule has 0 aliphatic rings. The van der Waals surface area contributed by atoms with Gasteiger partial charge >= 0.3 is 6.18 Å². The topological polar surface area (TPSA) is 46.2 Å². The molecule has 0 fully saturated rings. The van der Waals surface area contributed by atoms with Crippen LogP contribution in [-0.2, 0) is 10.0 Å². The van der Waals surface area contributed by atoms with E-state index in [1.807, 2.05) is 4.72 Å². The van der Waals surface area contributed by atoms with Crippen molar-refractivity contribution in [3.8, 4) is 0 Å². The van der Waals surface area contributed by atoms with Crippen molar-refractivity contribution < 1.29 is 21.6 Å². The van der Waals surface area contributed by atoms with Crippen LogP contribution in [0, 0.1) is 0 Å². The monoisotopic (exact) mass is 253 g/mol. The molecule has 0 radical (unpaired) electrons. The first-order valence-electron chi connectivity index (χ1n) is 3.87. The van der Waals surface area contributed by atoms with E-state index in [4.69, 9.17) is 11.6 Å². The van der Waals surface area contributed by atoms with Gasteiger partial charge in [0.1, 0.15) is 0 Å². The summed E-state index contributed by atoms with van der Waals surface area (Å²) in [5.41, 5.74) is 0. The molecule has 0 aromatic carbocycles. The number of hydrogen-bond donors (Lipinski definition) is 1. The van der Waals surface area contributed by atoms with E-state index in [-0.39, 0.29) is 18.1 Å². The highest BCUT2D eigenvalue weighted by molar-refractivity contribution is 7.89. The molecule has 1 N–H and O–H groups in total. The summed E-state index contributed by atoms with van der Waals surface area (Å²) in [5, 5.41) is 0. The maximum atomic E-state index is 11.6. The van der Waals surface area contributed by atoms with E-state index < -0.39 is 29.2 Å². The Morgan fingerprint density at radius 1 is 1.29 bits per heavy atom. The Kier molecular flexibility index (Phi) is 5.77. The highest BCUT2D eigenvalue weighted by Crippen LogP contribution is 2.18. The SMILES string of the molecule is O=S(=O)(CCCCl)NCCC(F)(F)F. The van der Waals surface area contributed by atoms with E-state index in [2.05, 4.69) is 0 Å². The smallest absolute Gasteiger partial charge is 0.215 e. The lowest BCUT2D eigenvalue weighted by Crippen LogP contribution is -2.30. The van der Waals surface area contributed by atoms with Gasteiger partial charge in [-0.15, -0.1) is 11.6 Å². The summed E-state index contributed by atoms with van der Waals surface area (Å²) in [6.07, 6.45) is -5.27. The molecule has 0 heterocycles. The summed E-state index contributed by atoms with van der Waals surface area (Å²) in [6.45, 7) is -0.617. The van der Waals surface area contributed by atoms with Crippen LogP contribution < -0.4 is 4.72 Å². The second-order valence-electron chi connectivity index (χ2n) is 2.62. The Labute approximate surface area is 85.7 Å². The maximum Gasteiger partial charge on any atom is 0.390 e. The molecule has 0 rings (SSSR count). The number of halogens is 4. The predicted molar refractivity (Wildman–Crippen MR) is 47.8 cm³/mol. The largest absolute Gasteiger partial charge is 0.390 e. The van der Waals surface area contributed by atoms with Crippen LogP contribution in [-0.4, -0.2) is 32.8 Å². The molecule has 0 aliphatic heterocycles. The summed E-state index contributed by atoms with van der Waals surface area (Å²) in [4.78, 5) is 0. The van der Waals surface area contributed by atoms with Gasteiger partial charge in [0.05, 0.1) is 12.2 Å². The zero-order valence-corrected chi connectivity index (χ0v) is 8.84. The Morgan fingerprint density at radius 2 is 1.86 bits per heavy atom. The van der Waals surface area contributed by atoms with Crippen LogP contribution in [0.3, 0.4) is 0 Å². The van der Waals surface area contributed by atoms with Gasteiger partial charge in [0.15, 0.2) is 0 Å². The molecule has 8 heteroatoms. The molecule has 86 valence electrons. The highest BCUT2D eigenvalue weighted by atomic mass is 35.5. The molecule has 0 bridgehead atoms. The van der Waals surface area contributed by atoms with E-state index in [1.54, 1.807) is 0 Å². The quantitative estimate of drug-likeness (QED) is 0.729. The maximum absolute atomic E-state index is 11.6. The lowest BCUT2D eigenvalue weighted by Gasteiger charge is -2.07. The van der Waals surface area contributed by atoms with Crippen molar-refractivity contribution in [1.29, 1.82) is 0 Å². The van der Waals surface area contributed by atoms with Crippen LogP contribution >= 0.6 is 11.6 Å². The van der Waals surface area contributed by atoms with Gasteiger partial charge in [-0.1, -0.05) is 0 Å². The van der Waals surface area contributed by atoms with Gasteiger partial charge in [-0.05, 0) is 6.42 Å². The zero-order valence-electron chi connectivity index (χ0n) is 7.27. The highest BCUT2D eigenvalue weighted by Gasteiger charge is 2.27. The fourth-order valence-electron chi connectivity index (χ4n) is 0.665. The number of nitrogens with one attached hydrogen (secondary N) is 1. The summed E-state index contributed by atoms with van der Waals surface area (Å²) in [7, 11) is -3.60. The Hall–Kier alpha value is -0.0100. The number of alkyl halides is 4. The zero-order chi connectivity index (χ0) is 11.2. The van der Waals surface area contributed by atoms with Crippen LogP contribution in [0.2, 0.25) is 0 Å². The average molecular weight is 254 g/mol. The van der Waals surface area contributed by atoms with E-state index in [0.29, 0.717) is 0 Å². The molecule has 0 spiro atoms. The summed E-state index contributed by atoms with van der Waals surface area (Å²) in [5.74, 6) is -0.0749. The minimum atomic E-state index is -4.34. The normalized spacial score (nSPS) is 13.1. The molecule has 0 saturated carbocycles. The third-order valence-corrected chi connectivity index (χ3v) is 3.01. The second kappa shape index (κ2) is 5.77. The molecule has 0 atom stereocenters. The molecule has 0 aromatic heterocycles. The van der Waals surface area contributed by atoms with Crippen LogP contribution in [0.5, 0.6) is 0 Å². The minimum Gasteiger partial charge on any atom is -0.215 e. The summed E-state index contributed by atoms with van der Waals surface area (Å²) in [6, 6.07) is 0. The number of sulfonamides is 1. The van der Waals surface area contributed by atoms with Crippen LogP contribution in [0.25, 0.3) is 0 Å². The molecule has 0 amide bonds. The van der Waals surface area contributed by atoms with Gasteiger partial charge in [0.25, 0.3) is 0 Å². The molecule has 3 nitrogen and oxygen atoms in total. The van der Waals surface area contributed by atoms with Crippen molar-refractivity contribution in [3.05, 3.63) is 0 Å².